The number of ether oxygens (including phenoxy) is 1. The maximum Gasteiger partial charge on any atom is 0.133 e. The van der Waals surface area contributed by atoms with Crippen LogP contribution in [0, 0.1) is 0 Å². The van der Waals surface area contributed by atoms with Gasteiger partial charge >= 0.3 is 0 Å². The van der Waals surface area contributed by atoms with Crippen LogP contribution in [0.5, 0.6) is 5.75 Å². The molecule has 0 radical (unpaired) electrons. The average molecular weight is 273 g/mol. The van der Waals surface area contributed by atoms with Crippen molar-refractivity contribution in [2.24, 2.45) is 7.05 Å². The van der Waals surface area contributed by atoms with Gasteiger partial charge in [0.25, 0.3) is 0 Å². The van der Waals surface area contributed by atoms with E-state index in [4.69, 9.17) is 16.3 Å². The second-order valence-corrected chi connectivity index (χ2v) is 4.77. The summed E-state index contributed by atoms with van der Waals surface area (Å²) in [5, 5.41) is 6.27. The van der Waals surface area contributed by atoms with E-state index in [1.54, 1.807) is 6.07 Å². The largest absolute Gasteiger partial charge is 0.487 e. The summed E-state index contributed by atoms with van der Waals surface area (Å²) < 4.78 is 7.60. The molecule has 19 heavy (non-hydrogen) atoms. The van der Waals surface area contributed by atoms with Crippen LogP contribution in [0.2, 0.25) is 5.02 Å². The number of hydrogen-bond donors (Lipinski definition) is 0. The van der Waals surface area contributed by atoms with Crippen molar-refractivity contribution in [3.63, 3.8) is 0 Å². The summed E-state index contributed by atoms with van der Waals surface area (Å²) in [5.74, 6) is 0.752. The lowest BCUT2D eigenvalue weighted by Gasteiger charge is -2.04. The molecule has 0 atom stereocenters. The molecule has 4 heteroatoms. The van der Waals surface area contributed by atoms with Crippen LogP contribution in [0.25, 0.3) is 10.9 Å². The van der Waals surface area contributed by atoms with Crippen LogP contribution < -0.4 is 4.74 Å². The van der Waals surface area contributed by atoms with Gasteiger partial charge in [0.15, 0.2) is 0 Å². The maximum atomic E-state index is 5.93. The van der Waals surface area contributed by atoms with Crippen molar-refractivity contribution in [1.29, 1.82) is 0 Å². The molecule has 2 aromatic carbocycles. The van der Waals surface area contributed by atoms with Crippen molar-refractivity contribution in [2.75, 3.05) is 0 Å². The summed E-state index contributed by atoms with van der Waals surface area (Å²) in [6, 6.07) is 15.5. The SMILES string of the molecule is Cn1nc(COc2cccc(Cl)c2)c2ccccc21. The number of hydrogen-bond acceptors (Lipinski definition) is 2. The lowest BCUT2D eigenvalue weighted by atomic mass is 10.2. The minimum Gasteiger partial charge on any atom is -0.487 e. The monoisotopic (exact) mass is 272 g/mol. The molecule has 3 aromatic rings. The molecular formula is C15H13ClN2O. The van der Waals surface area contributed by atoms with Gasteiger partial charge in [0.2, 0.25) is 0 Å². The number of nitrogens with zero attached hydrogens (tertiary/aromatic N) is 2. The van der Waals surface area contributed by atoms with Crippen LogP contribution in [0.3, 0.4) is 0 Å². The molecule has 1 heterocycles. The Kier molecular flexibility index (Phi) is 3.13. The molecule has 0 bridgehead atoms. The summed E-state index contributed by atoms with van der Waals surface area (Å²) in [7, 11) is 1.94. The number of para-hydroxylation sites is 1. The Morgan fingerprint density at radius 1 is 1.16 bits per heavy atom. The van der Waals surface area contributed by atoms with E-state index in [1.807, 2.05) is 48.1 Å². The van der Waals surface area contributed by atoms with Crippen LogP contribution >= 0.6 is 11.6 Å². The van der Waals surface area contributed by atoms with Gasteiger partial charge in [-0.25, -0.2) is 0 Å². The Hall–Kier alpha value is -2.00. The molecule has 96 valence electrons. The molecule has 0 saturated heterocycles. The molecule has 0 aliphatic carbocycles. The molecule has 0 amide bonds. The van der Waals surface area contributed by atoms with Gasteiger partial charge in [-0.1, -0.05) is 35.9 Å². The Morgan fingerprint density at radius 3 is 2.84 bits per heavy atom. The van der Waals surface area contributed by atoms with Crippen molar-refractivity contribution in [2.45, 2.75) is 6.61 Å². The van der Waals surface area contributed by atoms with Crippen molar-refractivity contribution in [3.8, 4) is 5.75 Å². The number of fused-ring (bicyclic) bond motifs is 1. The van der Waals surface area contributed by atoms with Gasteiger partial charge in [-0.05, 0) is 24.3 Å². The first-order chi connectivity index (χ1) is 9.24. The van der Waals surface area contributed by atoms with E-state index < -0.39 is 0 Å². The molecule has 0 aliphatic rings. The molecule has 0 spiro atoms. The Labute approximate surface area is 116 Å². The van der Waals surface area contributed by atoms with Gasteiger partial charge < -0.3 is 4.74 Å². The molecule has 0 aliphatic heterocycles. The third kappa shape index (κ3) is 2.42. The van der Waals surface area contributed by atoms with Gasteiger partial charge in [0, 0.05) is 17.5 Å². The summed E-state index contributed by atoms with van der Waals surface area (Å²) in [4.78, 5) is 0. The van der Waals surface area contributed by atoms with Crippen LogP contribution in [-0.4, -0.2) is 9.78 Å². The standard InChI is InChI=1S/C15H13ClN2O/c1-18-15-8-3-2-7-13(15)14(17-18)10-19-12-6-4-5-11(16)9-12/h2-9H,10H2,1H3. The van der Waals surface area contributed by atoms with Crippen molar-refractivity contribution < 1.29 is 4.74 Å². The summed E-state index contributed by atoms with van der Waals surface area (Å²) in [5.41, 5.74) is 2.03. The van der Waals surface area contributed by atoms with E-state index in [0.29, 0.717) is 11.6 Å². The number of rotatable bonds is 3. The van der Waals surface area contributed by atoms with Crippen LogP contribution in [0.1, 0.15) is 5.69 Å². The topological polar surface area (TPSA) is 27.1 Å². The maximum absolute atomic E-state index is 5.93. The second-order valence-electron chi connectivity index (χ2n) is 4.33. The molecular weight excluding hydrogens is 260 g/mol. The Morgan fingerprint density at radius 2 is 2.00 bits per heavy atom. The minimum absolute atomic E-state index is 0.432. The lowest BCUT2D eigenvalue weighted by molar-refractivity contribution is 0.301. The van der Waals surface area contributed by atoms with E-state index in [1.165, 1.54) is 0 Å². The van der Waals surface area contributed by atoms with E-state index >= 15 is 0 Å². The fourth-order valence-corrected chi connectivity index (χ4v) is 2.28. The van der Waals surface area contributed by atoms with E-state index in [2.05, 4.69) is 11.2 Å². The highest BCUT2D eigenvalue weighted by Crippen LogP contribution is 2.21. The number of halogens is 1. The molecule has 1 aromatic heterocycles. The second kappa shape index (κ2) is 4.94. The van der Waals surface area contributed by atoms with E-state index in [0.717, 1.165) is 22.3 Å². The fourth-order valence-electron chi connectivity index (χ4n) is 2.10. The Bertz CT molecular complexity index is 721. The predicted octanol–water partition coefficient (Wildman–Crippen LogP) is 3.81. The van der Waals surface area contributed by atoms with Crippen LogP contribution in [0.15, 0.2) is 48.5 Å². The summed E-state index contributed by atoms with van der Waals surface area (Å²) in [6.45, 7) is 0.432. The quantitative estimate of drug-likeness (QED) is 0.725. The highest BCUT2D eigenvalue weighted by Gasteiger charge is 2.08. The molecule has 0 fully saturated rings. The summed E-state index contributed by atoms with van der Waals surface area (Å²) >= 11 is 5.93. The van der Waals surface area contributed by atoms with Gasteiger partial charge in [0.1, 0.15) is 18.1 Å². The van der Waals surface area contributed by atoms with Gasteiger partial charge in [-0.15, -0.1) is 0 Å². The van der Waals surface area contributed by atoms with E-state index in [-0.39, 0.29) is 0 Å². The normalized spacial score (nSPS) is 10.8. The Balaban J connectivity index is 1.86. The van der Waals surface area contributed by atoms with Gasteiger partial charge in [-0.2, -0.15) is 5.10 Å². The van der Waals surface area contributed by atoms with Gasteiger partial charge in [0.05, 0.1) is 5.52 Å². The zero-order valence-corrected chi connectivity index (χ0v) is 11.3. The molecule has 0 saturated carbocycles. The molecule has 3 rings (SSSR count). The smallest absolute Gasteiger partial charge is 0.133 e. The van der Waals surface area contributed by atoms with Crippen molar-refractivity contribution >= 4 is 22.5 Å². The molecule has 3 nitrogen and oxygen atoms in total. The average Bonchev–Trinajstić information content (AvgIpc) is 2.74. The highest BCUT2D eigenvalue weighted by molar-refractivity contribution is 6.30. The molecule has 0 N–H and O–H groups in total. The van der Waals surface area contributed by atoms with E-state index in [9.17, 15) is 0 Å². The minimum atomic E-state index is 0.432. The first-order valence-electron chi connectivity index (χ1n) is 6.03. The first kappa shape index (κ1) is 12.1. The lowest BCUT2D eigenvalue weighted by Crippen LogP contribution is -1.98. The highest BCUT2D eigenvalue weighted by atomic mass is 35.5. The van der Waals surface area contributed by atoms with Gasteiger partial charge in [-0.3, -0.25) is 4.68 Å². The zero-order valence-electron chi connectivity index (χ0n) is 10.5. The number of aryl methyl sites for hydroxylation is 1. The number of benzene rings is 2. The van der Waals surface area contributed by atoms with Crippen molar-refractivity contribution in [1.82, 2.24) is 9.78 Å². The third-order valence-corrected chi connectivity index (χ3v) is 3.24. The first-order valence-corrected chi connectivity index (χ1v) is 6.41. The van der Waals surface area contributed by atoms with Crippen molar-refractivity contribution in [3.05, 3.63) is 59.2 Å². The predicted molar refractivity (Wildman–Crippen MR) is 76.5 cm³/mol. The molecule has 0 unspecified atom stereocenters. The fraction of sp³-hybridized carbons (Fsp3) is 0.133. The van der Waals surface area contributed by atoms with Crippen LogP contribution in [0.4, 0.5) is 0 Å². The zero-order chi connectivity index (χ0) is 13.2. The summed E-state index contributed by atoms with van der Waals surface area (Å²) in [6.07, 6.45) is 0. The number of aromatic nitrogens is 2. The third-order valence-electron chi connectivity index (χ3n) is 3.01. The van der Waals surface area contributed by atoms with Crippen LogP contribution in [-0.2, 0) is 13.7 Å².